The number of hydrogen-bond donors (Lipinski definition) is 2. The maximum absolute atomic E-state index is 14.1. The van der Waals surface area contributed by atoms with Crippen LogP contribution in [0.4, 0.5) is 10.5 Å². The molecular weight excluding hydrogens is 654 g/mol. The summed E-state index contributed by atoms with van der Waals surface area (Å²) in [6, 6.07) is 3.18. The first-order valence-corrected chi connectivity index (χ1v) is 17.2. The highest BCUT2D eigenvalue weighted by molar-refractivity contribution is 6.35. The topological polar surface area (TPSA) is 139 Å². The summed E-state index contributed by atoms with van der Waals surface area (Å²) >= 11 is 6.76. The van der Waals surface area contributed by atoms with E-state index in [0.717, 1.165) is 11.1 Å². The van der Waals surface area contributed by atoms with Gasteiger partial charge in [-0.1, -0.05) is 49.2 Å². The average molecular weight is 706 g/mol. The van der Waals surface area contributed by atoms with E-state index in [1.807, 2.05) is 64.8 Å². The van der Waals surface area contributed by atoms with Crippen molar-refractivity contribution in [3.8, 4) is 5.75 Å². The molecular formula is C36H52ClN3O9. The van der Waals surface area contributed by atoms with E-state index >= 15 is 0 Å². The molecule has 2 N–H and O–H groups in total. The van der Waals surface area contributed by atoms with Crippen molar-refractivity contribution in [3.05, 3.63) is 46.5 Å². The molecule has 2 amide bonds. The van der Waals surface area contributed by atoms with Crippen molar-refractivity contribution in [1.82, 2.24) is 10.2 Å². The maximum atomic E-state index is 14.1. The van der Waals surface area contributed by atoms with Gasteiger partial charge in [0.15, 0.2) is 5.72 Å². The summed E-state index contributed by atoms with van der Waals surface area (Å²) in [5.74, 6) is -0.879. The van der Waals surface area contributed by atoms with Crippen LogP contribution < -0.4 is 15.0 Å². The number of hydrogen-bond acceptors (Lipinski definition) is 10. The summed E-state index contributed by atoms with van der Waals surface area (Å²) in [5.41, 5.74) is -0.651. The number of nitrogens with one attached hydrogen (secondary N) is 1. The van der Waals surface area contributed by atoms with E-state index < -0.39 is 59.8 Å². The number of allylic oxidation sites excluding steroid dienone is 3. The van der Waals surface area contributed by atoms with Gasteiger partial charge in [0.2, 0.25) is 5.91 Å². The number of likely N-dealkylation sites (N-methyl/N-ethyl adjacent to an activating group) is 1. The Kier molecular flexibility index (Phi) is 12.1. The molecule has 4 bridgehead atoms. The van der Waals surface area contributed by atoms with Crippen molar-refractivity contribution >= 4 is 35.3 Å². The minimum atomic E-state index is -1.78. The van der Waals surface area contributed by atoms with Crippen molar-refractivity contribution in [2.45, 2.75) is 115 Å². The number of ether oxygens (including phenoxy) is 5. The highest BCUT2D eigenvalue weighted by Gasteiger charge is 2.64. The number of methoxy groups -OCH3 is 2. The molecule has 13 heteroatoms. The molecule has 1 aromatic rings. The van der Waals surface area contributed by atoms with Crippen molar-refractivity contribution in [3.63, 3.8) is 0 Å². The SMILES string of the molecule is CC[C@@H](C(=O)O[C@H]1CC(=O)N(C)c2cc(cc(OC)c2Cl)C/C(C)=C/C=C/[C@@H](OC)[C@@]2(O)CC(OC(=O)N2)[C@@H](C)C2OC21C)N(C)C(C)C. The lowest BCUT2D eigenvalue weighted by Crippen LogP contribution is -2.63. The van der Waals surface area contributed by atoms with Crippen LogP contribution in [0, 0.1) is 5.92 Å². The standard InChI is InChI=1S/C36H52ClN3O9/c1-11-24(39(7)20(2)3)33(42)48-29-18-30(41)40(8)25-16-23(17-26(45-9)31(25)37)15-21(4)13-12-14-28(46-10)36(44)19-27(47-34(43)38-36)22(5)32-35(29,6)49-32/h12-14,16-17,20,22,24,27-29,32,44H,11,15,18-19H2,1-10H3,(H,38,43)/b14-12+,21-13+/t22-,24+,27?,28-,29+,32?,35?,36+/m1/s1. The number of carbonyl (C=O) groups is 3. The molecule has 3 heterocycles. The highest BCUT2D eigenvalue weighted by atomic mass is 35.5. The molecule has 272 valence electrons. The number of rotatable bonds is 7. The van der Waals surface area contributed by atoms with Gasteiger partial charge < -0.3 is 33.7 Å². The van der Waals surface area contributed by atoms with Gasteiger partial charge in [0.1, 0.15) is 40.7 Å². The lowest BCUT2D eigenvalue weighted by Gasteiger charge is -2.42. The number of aliphatic hydroxyl groups is 1. The molecule has 1 aromatic carbocycles. The van der Waals surface area contributed by atoms with Crippen LogP contribution in [0.25, 0.3) is 0 Å². The minimum absolute atomic E-state index is 0.00522. The molecule has 2 fully saturated rings. The highest BCUT2D eigenvalue weighted by Crippen LogP contribution is 2.49. The van der Waals surface area contributed by atoms with Gasteiger partial charge in [-0.15, -0.1) is 0 Å². The zero-order chi connectivity index (χ0) is 36.4. The summed E-state index contributed by atoms with van der Waals surface area (Å²) < 4.78 is 29.4. The Balaban J connectivity index is 1.80. The average Bonchev–Trinajstić information content (AvgIpc) is 3.74. The third-order valence-electron chi connectivity index (χ3n) is 10.2. The fourth-order valence-electron chi connectivity index (χ4n) is 6.80. The first kappa shape index (κ1) is 38.6. The second-order valence-electron chi connectivity index (χ2n) is 13.9. The normalized spacial score (nSPS) is 33.1. The van der Waals surface area contributed by atoms with Crippen molar-refractivity contribution in [2.24, 2.45) is 5.92 Å². The van der Waals surface area contributed by atoms with Crippen LogP contribution in [-0.2, 0) is 35.0 Å². The van der Waals surface area contributed by atoms with Gasteiger partial charge in [-0.25, -0.2) is 4.79 Å². The van der Waals surface area contributed by atoms with Crippen LogP contribution in [0.5, 0.6) is 5.75 Å². The molecule has 2 saturated heterocycles. The maximum Gasteiger partial charge on any atom is 0.409 e. The summed E-state index contributed by atoms with van der Waals surface area (Å²) in [7, 11) is 6.45. The van der Waals surface area contributed by atoms with Gasteiger partial charge in [-0.05, 0) is 65.3 Å². The van der Waals surface area contributed by atoms with E-state index in [-0.39, 0.29) is 29.8 Å². The largest absolute Gasteiger partial charge is 0.495 e. The molecule has 0 aliphatic carbocycles. The molecule has 0 spiro atoms. The fraction of sp³-hybridized carbons (Fsp3) is 0.639. The zero-order valence-electron chi connectivity index (χ0n) is 30.2. The third kappa shape index (κ3) is 8.26. The second-order valence-corrected chi connectivity index (χ2v) is 14.3. The van der Waals surface area contributed by atoms with Crippen LogP contribution in [0.1, 0.15) is 66.4 Å². The smallest absolute Gasteiger partial charge is 0.409 e. The number of benzene rings is 1. The quantitative estimate of drug-likeness (QED) is 0.301. The Hall–Kier alpha value is -3.16. The lowest BCUT2D eigenvalue weighted by atomic mass is 9.83. The lowest BCUT2D eigenvalue weighted by molar-refractivity contribution is -0.160. The monoisotopic (exact) mass is 705 g/mol. The molecule has 8 atom stereocenters. The van der Waals surface area contributed by atoms with E-state index in [1.54, 1.807) is 26.1 Å². The number of esters is 1. The van der Waals surface area contributed by atoms with Gasteiger partial charge in [-0.2, -0.15) is 0 Å². The Morgan fingerprint density at radius 1 is 1.27 bits per heavy atom. The Bertz CT molecular complexity index is 1470. The van der Waals surface area contributed by atoms with E-state index in [4.69, 9.17) is 35.3 Å². The first-order valence-electron chi connectivity index (χ1n) is 16.8. The van der Waals surface area contributed by atoms with Crippen LogP contribution in [0.3, 0.4) is 0 Å². The molecule has 0 radical (unpaired) electrons. The number of epoxide rings is 1. The Morgan fingerprint density at radius 3 is 2.57 bits per heavy atom. The van der Waals surface area contributed by atoms with Crippen LogP contribution in [0.2, 0.25) is 5.02 Å². The van der Waals surface area contributed by atoms with Gasteiger partial charge >= 0.3 is 12.1 Å². The number of halogens is 1. The predicted molar refractivity (Wildman–Crippen MR) is 186 cm³/mol. The van der Waals surface area contributed by atoms with E-state index in [1.165, 1.54) is 19.1 Å². The summed E-state index contributed by atoms with van der Waals surface area (Å²) in [6.07, 6.45) is 2.03. The van der Waals surface area contributed by atoms with Crippen molar-refractivity contribution in [1.29, 1.82) is 0 Å². The molecule has 49 heavy (non-hydrogen) atoms. The Labute approximate surface area is 294 Å². The van der Waals surface area contributed by atoms with Gasteiger partial charge in [-0.3, -0.25) is 19.8 Å². The number of alkyl carbamates (subject to hydrolysis) is 1. The Morgan fingerprint density at radius 2 is 1.96 bits per heavy atom. The molecule has 3 aliphatic rings. The molecule has 4 rings (SSSR count). The molecule has 3 unspecified atom stereocenters. The predicted octanol–water partition coefficient (Wildman–Crippen LogP) is 4.79. The second kappa shape index (κ2) is 15.4. The molecule has 12 nitrogen and oxygen atoms in total. The van der Waals surface area contributed by atoms with Crippen molar-refractivity contribution < 1.29 is 43.2 Å². The van der Waals surface area contributed by atoms with E-state index in [9.17, 15) is 19.5 Å². The van der Waals surface area contributed by atoms with Crippen LogP contribution >= 0.6 is 11.6 Å². The molecule has 3 aliphatic heterocycles. The third-order valence-corrected chi connectivity index (χ3v) is 10.6. The summed E-state index contributed by atoms with van der Waals surface area (Å²) in [5, 5.41) is 14.5. The summed E-state index contributed by atoms with van der Waals surface area (Å²) in [6.45, 7) is 11.5. The van der Waals surface area contributed by atoms with E-state index in [2.05, 4.69) is 5.32 Å². The minimum Gasteiger partial charge on any atom is -0.495 e. The fourth-order valence-corrected chi connectivity index (χ4v) is 7.12. The van der Waals surface area contributed by atoms with E-state index in [0.29, 0.717) is 24.3 Å². The number of carbonyl (C=O) groups excluding carboxylic acids is 3. The number of fused-ring (bicyclic) bond motifs is 5. The first-order chi connectivity index (χ1) is 23.0. The number of anilines is 1. The molecule has 0 saturated carbocycles. The van der Waals surface area contributed by atoms with Crippen molar-refractivity contribution in [2.75, 3.05) is 33.2 Å². The van der Waals surface area contributed by atoms with Gasteiger partial charge in [0.05, 0.1) is 25.3 Å². The van der Waals surface area contributed by atoms with Gasteiger partial charge in [0.25, 0.3) is 0 Å². The molecule has 0 aromatic heterocycles. The zero-order valence-corrected chi connectivity index (χ0v) is 31.0. The van der Waals surface area contributed by atoms with Crippen LogP contribution in [0.15, 0.2) is 35.9 Å². The number of amides is 2. The summed E-state index contributed by atoms with van der Waals surface area (Å²) in [4.78, 5) is 44.0. The number of nitrogens with zero attached hydrogens (tertiary/aromatic N) is 2. The van der Waals surface area contributed by atoms with Crippen LogP contribution in [-0.4, -0.2) is 104 Å². The van der Waals surface area contributed by atoms with Gasteiger partial charge in [0, 0.05) is 32.5 Å².